The minimum atomic E-state index is 0.0976. The van der Waals surface area contributed by atoms with Gasteiger partial charge in [-0.3, -0.25) is 0 Å². The van der Waals surface area contributed by atoms with E-state index in [0.29, 0.717) is 0 Å². The molecule has 0 spiro atoms. The third-order valence-electron chi connectivity index (χ3n) is 3.44. The molecule has 0 unspecified atom stereocenters. The Bertz CT molecular complexity index is 503. The van der Waals surface area contributed by atoms with Gasteiger partial charge in [-0.2, -0.15) is 0 Å². The van der Waals surface area contributed by atoms with Crippen LogP contribution in [0.2, 0.25) is 5.02 Å². The molecule has 0 atom stereocenters. The average Bonchev–Trinajstić information content (AvgIpc) is 2.37. The second-order valence-electron chi connectivity index (χ2n) is 6.50. The fourth-order valence-electron chi connectivity index (χ4n) is 2.13. The molecule has 0 bridgehead atoms. The van der Waals surface area contributed by atoms with Gasteiger partial charge in [-0.1, -0.05) is 23.3 Å². The fourth-order valence-corrected chi connectivity index (χ4v) is 2.44. The number of hydrogen-bond acceptors (Lipinski definition) is 3. The molecule has 1 aliphatic heterocycles. The van der Waals surface area contributed by atoms with Crippen molar-refractivity contribution in [3.8, 4) is 0 Å². The molecule has 0 amide bonds. The van der Waals surface area contributed by atoms with Crippen LogP contribution in [0.5, 0.6) is 0 Å². The Kier molecular flexibility index (Phi) is 4.71. The Labute approximate surface area is 127 Å². The highest BCUT2D eigenvalue weighted by atomic mass is 35.5. The number of nitrogens with zero attached hydrogens (tertiary/aromatic N) is 2. The Hall–Kier alpha value is -1.06. The molecule has 0 fully saturated rings. The normalized spacial score (nSPS) is 16.2. The van der Waals surface area contributed by atoms with E-state index in [-0.39, 0.29) is 5.54 Å². The van der Waals surface area contributed by atoms with Crippen LogP contribution in [-0.4, -0.2) is 23.6 Å². The van der Waals surface area contributed by atoms with Gasteiger partial charge in [0.15, 0.2) is 0 Å². The third kappa shape index (κ3) is 4.22. The van der Waals surface area contributed by atoms with Crippen LogP contribution in [0.15, 0.2) is 23.9 Å². The van der Waals surface area contributed by atoms with Crippen LogP contribution in [0.3, 0.4) is 0 Å². The van der Waals surface area contributed by atoms with E-state index in [1.807, 2.05) is 12.3 Å². The highest BCUT2D eigenvalue weighted by Gasteiger charge is 2.15. The molecule has 20 heavy (non-hydrogen) atoms. The standard InChI is InChI=1S/C16H24ClN3/c1-12-5-7-20(8-6-12)15-14(17)9-13(10-18-15)11-19-16(2,3)4/h5,9-10,19H,6-8,11H2,1-4H3. The second-order valence-corrected chi connectivity index (χ2v) is 6.91. The summed E-state index contributed by atoms with van der Waals surface area (Å²) in [7, 11) is 0. The van der Waals surface area contributed by atoms with Gasteiger partial charge in [0, 0.05) is 31.4 Å². The van der Waals surface area contributed by atoms with Crippen LogP contribution < -0.4 is 10.2 Å². The average molecular weight is 294 g/mol. The summed E-state index contributed by atoms with van der Waals surface area (Å²) in [5.41, 5.74) is 2.67. The molecule has 1 N–H and O–H groups in total. The maximum atomic E-state index is 6.40. The number of halogens is 1. The number of pyridine rings is 1. The molecule has 2 heterocycles. The SMILES string of the molecule is CC1=CCN(c2ncc(CNC(C)(C)C)cc2Cl)CC1. The van der Waals surface area contributed by atoms with Crippen LogP contribution in [0.25, 0.3) is 0 Å². The Morgan fingerprint density at radius 1 is 1.40 bits per heavy atom. The zero-order chi connectivity index (χ0) is 14.8. The smallest absolute Gasteiger partial charge is 0.147 e. The van der Waals surface area contributed by atoms with E-state index in [1.165, 1.54) is 5.57 Å². The molecule has 0 aromatic carbocycles. The summed E-state index contributed by atoms with van der Waals surface area (Å²) >= 11 is 6.40. The molecule has 1 aliphatic rings. The van der Waals surface area contributed by atoms with Crippen molar-refractivity contribution in [3.63, 3.8) is 0 Å². The Morgan fingerprint density at radius 2 is 2.15 bits per heavy atom. The molecule has 0 saturated carbocycles. The summed E-state index contributed by atoms with van der Waals surface area (Å²) in [6.07, 6.45) is 5.26. The molecule has 1 aromatic heterocycles. The molecule has 0 radical (unpaired) electrons. The van der Waals surface area contributed by atoms with Crippen molar-refractivity contribution in [2.24, 2.45) is 0 Å². The van der Waals surface area contributed by atoms with Crippen molar-refractivity contribution < 1.29 is 0 Å². The minimum absolute atomic E-state index is 0.0976. The van der Waals surface area contributed by atoms with E-state index in [9.17, 15) is 0 Å². The van der Waals surface area contributed by atoms with Gasteiger partial charge >= 0.3 is 0 Å². The van der Waals surface area contributed by atoms with Crippen LogP contribution in [0.4, 0.5) is 5.82 Å². The number of anilines is 1. The maximum absolute atomic E-state index is 6.40. The van der Waals surface area contributed by atoms with Crippen molar-refractivity contribution in [1.82, 2.24) is 10.3 Å². The zero-order valence-electron chi connectivity index (χ0n) is 12.8. The molecule has 1 aromatic rings. The van der Waals surface area contributed by atoms with Gasteiger partial charge in [0.05, 0.1) is 5.02 Å². The van der Waals surface area contributed by atoms with E-state index in [1.54, 1.807) is 0 Å². The van der Waals surface area contributed by atoms with E-state index >= 15 is 0 Å². The van der Waals surface area contributed by atoms with Gasteiger partial charge in [0.2, 0.25) is 0 Å². The van der Waals surface area contributed by atoms with Crippen LogP contribution in [-0.2, 0) is 6.54 Å². The van der Waals surface area contributed by atoms with Crippen LogP contribution in [0, 0.1) is 0 Å². The lowest BCUT2D eigenvalue weighted by molar-refractivity contribution is 0.424. The summed E-state index contributed by atoms with van der Waals surface area (Å²) in [4.78, 5) is 6.78. The zero-order valence-corrected chi connectivity index (χ0v) is 13.6. The second kappa shape index (κ2) is 6.15. The third-order valence-corrected chi connectivity index (χ3v) is 3.72. The predicted molar refractivity (Wildman–Crippen MR) is 86.4 cm³/mol. The quantitative estimate of drug-likeness (QED) is 0.860. The van der Waals surface area contributed by atoms with Gasteiger partial charge in [0.25, 0.3) is 0 Å². The lowest BCUT2D eigenvalue weighted by Gasteiger charge is -2.27. The number of aromatic nitrogens is 1. The van der Waals surface area contributed by atoms with Crippen molar-refractivity contribution in [1.29, 1.82) is 0 Å². The summed E-state index contributed by atoms with van der Waals surface area (Å²) < 4.78 is 0. The molecule has 0 aliphatic carbocycles. The maximum Gasteiger partial charge on any atom is 0.147 e. The van der Waals surface area contributed by atoms with Crippen molar-refractivity contribution in [2.45, 2.75) is 46.2 Å². The van der Waals surface area contributed by atoms with E-state index in [4.69, 9.17) is 11.6 Å². The molecule has 0 saturated heterocycles. The highest BCUT2D eigenvalue weighted by Crippen LogP contribution is 2.26. The number of rotatable bonds is 3. The molecule has 3 nitrogen and oxygen atoms in total. The van der Waals surface area contributed by atoms with E-state index < -0.39 is 0 Å². The number of nitrogens with one attached hydrogen (secondary N) is 1. The van der Waals surface area contributed by atoms with Gasteiger partial charge in [-0.15, -0.1) is 0 Å². The van der Waals surface area contributed by atoms with Crippen molar-refractivity contribution in [3.05, 3.63) is 34.5 Å². The number of hydrogen-bond donors (Lipinski definition) is 1. The van der Waals surface area contributed by atoms with Crippen LogP contribution >= 0.6 is 11.6 Å². The first kappa shape index (κ1) is 15.3. The predicted octanol–water partition coefficient (Wildman–Crippen LogP) is 3.78. The molecule has 110 valence electrons. The largest absolute Gasteiger partial charge is 0.351 e. The first-order valence-electron chi connectivity index (χ1n) is 7.15. The van der Waals surface area contributed by atoms with Gasteiger partial charge in [-0.05, 0) is 45.7 Å². The monoisotopic (exact) mass is 293 g/mol. The lowest BCUT2D eigenvalue weighted by Crippen LogP contribution is -2.35. The van der Waals surface area contributed by atoms with Gasteiger partial charge in [-0.25, -0.2) is 4.98 Å². The Morgan fingerprint density at radius 3 is 2.70 bits per heavy atom. The van der Waals surface area contributed by atoms with Crippen molar-refractivity contribution >= 4 is 17.4 Å². The topological polar surface area (TPSA) is 28.2 Å². The van der Waals surface area contributed by atoms with Crippen molar-refractivity contribution in [2.75, 3.05) is 18.0 Å². The molecule has 2 rings (SSSR count). The Balaban J connectivity index is 2.06. The van der Waals surface area contributed by atoms with E-state index in [0.717, 1.165) is 42.5 Å². The fraction of sp³-hybridized carbons (Fsp3) is 0.562. The first-order valence-corrected chi connectivity index (χ1v) is 7.53. The van der Waals surface area contributed by atoms with Gasteiger partial charge in [0.1, 0.15) is 5.82 Å². The first-order chi connectivity index (χ1) is 9.35. The van der Waals surface area contributed by atoms with E-state index in [2.05, 4.69) is 49.0 Å². The summed E-state index contributed by atoms with van der Waals surface area (Å²) in [5.74, 6) is 0.898. The molecular formula is C16H24ClN3. The summed E-state index contributed by atoms with van der Waals surface area (Å²) in [6.45, 7) is 11.3. The summed E-state index contributed by atoms with van der Waals surface area (Å²) in [5, 5.41) is 4.19. The lowest BCUT2D eigenvalue weighted by atomic mass is 10.1. The highest BCUT2D eigenvalue weighted by molar-refractivity contribution is 6.33. The minimum Gasteiger partial charge on any atom is -0.351 e. The van der Waals surface area contributed by atoms with Crippen LogP contribution in [0.1, 0.15) is 39.7 Å². The van der Waals surface area contributed by atoms with Gasteiger partial charge < -0.3 is 10.2 Å². The molecule has 4 heteroatoms. The molecular weight excluding hydrogens is 270 g/mol. The summed E-state index contributed by atoms with van der Waals surface area (Å²) in [6, 6.07) is 2.02.